The summed E-state index contributed by atoms with van der Waals surface area (Å²) in [6.07, 6.45) is -0.808. The van der Waals surface area contributed by atoms with Gasteiger partial charge in [-0.3, -0.25) is 0 Å². The third-order valence-electron chi connectivity index (χ3n) is 11.2. The molecule has 0 amide bonds. The molecular formula is C68H100O12. The van der Waals surface area contributed by atoms with Crippen LogP contribution >= 0.6 is 0 Å². The Morgan fingerprint density at radius 3 is 0.537 bits per heavy atom. The molecule has 0 radical (unpaired) electrons. The standard InChI is InChI=1S/2C12H18O2.4C11H16O2/c2*1-10(2)14-9-12(13-3)11-7-5-4-6-8-11;4*1-9(2)13-8-11(12)10-6-4-3-5-7-10/h2*4-8,10,12H,9H2,1-3H3;4*3-7,9,11-12H,8H2,1-2H3/t12-;;2*11-;;/m1.10../s1. The minimum absolute atomic E-state index is 0.0404. The van der Waals surface area contributed by atoms with E-state index in [0.29, 0.717) is 39.6 Å². The molecule has 0 aliphatic rings. The van der Waals surface area contributed by atoms with E-state index in [9.17, 15) is 20.4 Å². The molecule has 0 spiro atoms. The fourth-order valence-corrected chi connectivity index (χ4v) is 6.72. The summed E-state index contributed by atoms with van der Waals surface area (Å²) < 4.78 is 43.0. The van der Waals surface area contributed by atoms with Crippen LogP contribution in [0.2, 0.25) is 0 Å². The highest BCUT2D eigenvalue weighted by atomic mass is 16.5. The molecule has 0 heterocycles. The van der Waals surface area contributed by atoms with Crippen LogP contribution in [0, 0.1) is 0 Å². The second-order valence-corrected chi connectivity index (χ2v) is 20.3. The van der Waals surface area contributed by atoms with E-state index in [0.717, 1.165) is 33.4 Å². The maximum absolute atomic E-state index is 9.64. The van der Waals surface area contributed by atoms with E-state index in [4.69, 9.17) is 37.9 Å². The summed E-state index contributed by atoms with van der Waals surface area (Å²) in [7, 11) is 3.42. The second-order valence-electron chi connectivity index (χ2n) is 20.3. The number of aliphatic hydroxyl groups is 4. The van der Waals surface area contributed by atoms with Gasteiger partial charge in [0.1, 0.15) is 36.6 Å². The SMILES string of the molecule is CC(C)OCC(O)c1ccccc1.CC(C)OCC(O)c1ccccc1.CC(C)OC[C@@H](O)c1ccccc1.CC(C)OC[C@H](O)c1ccccc1.COC(COC(C)C)c1ccccc1.CO[C@H](COC(C)C)c1ccccc1. The Balaban J connectivity index is 0.000000480. The number of rotatable bonds is 26. The number of hydrogen-bond acceptors (Lipinski definition) is 12. The van der Waals surface area contributed by atoms with Crippen molar-refractivity contribution in [2.24, 2.45) is 0 Å². The van der Waals surface area contributed by atoms with Gasteiger partial charge in [-0.05, 0) is 116 Å². The zero-order chi connectivity index (χ0) is 59.5. The molecule has 6 atom stereocenters. The van der Waals surface area contributed by atoms with E-state index < -0.39 is 24.4 Å². The van der Waals surface area contributed by atoms with Crippen LogP contribution < -0.4 is 0 Å². The van der Waals surface area contributed by atoms with Gasteiger partial charge in [0.15, 0.2) is 0 Å². The van der Waals surface area contributed by atoms with Crippen LogP contribution in [0.3, 0.4) is 0 Å². The van der Waals surface area contributed by atoms with Gasteiger partial charge in [-0.25, -0.2) is 0 Å². The Kier molecular flexibility index (Phi) is 41.4. The molecule has 0 saturated carbocycles. The second kappa shape index (κ2) is 45.5. The Bertz CT molecular complexity index is 1980. The highest BCUT2D eigenvalue weighted by Gasteiger charge is 2.13. The summed E-state index contributed by atoms with van der Waals surface area (Å²) in [6.45, 7) is 26.4. The zero-order valence-electron chi connectivity index (χ0n) is 50.5. The monoisotopic (exact) mass is 1110 g/mol. The summed E-state index contributed by atoms with van der Waals surface area (Å²) in [6, 6.07) is 58.4. The number of aliphatic hydroxyl groups excluding tert-OH is 4. The van der Waals surface area contributed by atoms with Crippen LogP contribution in [0.25, 0.3) is 0 Å². The van der Waals surface area contributed by atoms with Crippen molar-refractivity contribution in [1.29, 1.82) is 0 Å². The van der Waals surface area contributed by atoms with E-state index in [2.05, 4.69) is 24.3 Å². The number of ether oxygens (including phenoxy) is 8. The van der Waals surface area contributed by atoms with Crippen molar-refractivity contribution in [3.63, 3.8) is 0 Å². The lowest BCUT2D eigenvalue weighted by molar-refractivity contribution is -0.0165. The van der Waals surface area contributed by atoms with Crippen molar-refractivity contribution in [1.82, 2.24) is 0 Å². The minimum Gasteiger partial charge on any atom is -0.386 e. The molecule has 0 fully saturated rings. The lowest BCUT2D eigenvalue weighted by Crippen LogP contribution is -2.13. The molecule has 4 N–H and O–H groups in total. The highest BCUT2D eigenvalue weighted by Crippen LogP contribution is 2.19. The van der Waals surface area contributed by atoms with E-state index >= 15 is 0 Å². The molecule has 12 heteroatoms. The molecule has 0 bridgehead atoms. The Morgan fingerprint density at radius 1 is 0.237 bits per heavy atom. The molecule has 6 rings (SSSR count). The molecule has 444 valence electrons. The van der Waals surface area contributed by atoms with Gasteiger partial charge in [0, 0.05) is 14.2 Å². The van der Waals surface area contributed by atoms with Gasteiger partial charge in [0.05, 0.1) is 76.3 Å². The average molecular weight is 1110 g/mol. The molecule has 6 aromatic rings. The van der Waals surface area contributed by atoms with Crippen LogP contribution in [0.1, 0.15) is 153 Å². The maximum Gasteiger partial charge on any atom is 0.105 e. The van der Waals surface area contributed by atoms with Gasteiger partial charge in [0.25, 0.3) is 0 Å². The summed E-state index contributed by atoms with van der Waals surface area (Å²) in [4.78, 5) is 0. The molecular weight excluding hydrogens is 1010 g/mol. The van der Waals surface area contributed by atoms with Gasteiger partial charge < -0.3 is 58.3 Å². The lowest BCUT2D eigenvalue weighted by atomic mass is 10.1. The Hall–Kier alpha value is -5.16. The molecule has 12 nitrogen and oxygen atoms in total. The third kappa shape index (κ3) is 37.0. The zero-order valence-corrected chi connectivity index (χ0v) is 50.5. The van der Waals surface area contributed by atoms with Crippen molar-refractivity contribution in [3.05, 3.63) is 215 Å². The van der Waals surface area contributed by atoms with Crippen LogP contribution in [0.15, 0.2) is 182 Å². The quantitative estimate of drug-likeness (QED) is 0.0409. The summed E-state index contributed by atoms with van der Waals surface area (Å²) in [5.41, 5.74) is 5.95. The van der Waals surface area contributed by atoms with Gasteiger partial charge in [-0.15, -0.1) is 0 Å². The maximum atomic E-state index is 9.64. The van der Waals surface area contributed by atoms with Gasteiger partial charge >= 0.3 is 0 Å². The number of methoxy groups -OCH3 is 2. The molecule has 6 aromatic carbocycles. The molecule has 0 aromatic heterocycles. The Labute approximate surface area is 482 Å². The first kappa shape index (κ1) is 72.9. The van der Waals surface area contributed by atoms with Gasteiger partial charge in [-0.1, -0.05) is 182 Å². The fourth-order valence-electron chi connectivity index (χ4n) is 6.72. The largest absolute Gasteiger partial charge is 0.386 e. The fraction of sp³-hybridized carbons (Fsp3) is 0.471. The van der Waals surface area contributed by atoms with Crippen LogP contribution in [-0.4, -0.2) is 111 Å². The van der Waals surface area contributed by atoms with Crippen molar-refractivity contribution >= 4 is 0 Å². The smallest absolute Gasteiger partial charge is 0.105 e. The molecule has 0 aliphatic heterocycles. The van der Waals surface area contributed by atoms with Crippen LogP contribution in [0.4, 0.5) is 0 Å². The van der Waals surface area contributed by atoms with E-state index in [1.165, 1.54) is 0 Å². The summed E-state index contributed by atoms with van der Waals surface area (Å²) in [5, 5.41) is 38.6. The summed E-state index contributed by atoms with van der Waals surface area (Å²) >= 11 is 0. The summed E-state index contributed by atoms with van der Waals surface area (Å²) in [5.74, 6) is 0. The average Bonchev–Trinajstić information content (AvgIpc) is 3.47. The first-order valence-corrected chi connectivity index (χ1v) is 28.0. The molecule has 3 unspecified atom stereocenters. The van der Waals surface area contributed by atoms with Crippen molar-refractivity contribution in [3.8, 4) is 0 Å². The Morgan fingerprint density at radius 2 is 0.388 bits per heavy atom. The number of benzene rings is 6. The van der Waals surface area contributed by atoms with E-state index in [1.54, 1.807) is 14.2 Å². The topological polar surface area (TPSA) is 155 Å². The minimum atomic E-state index is -0.511. The van der Waals surface area contributed by atoms with Gasteiger partial charge in [-0.2, -0.15) is 0 Å². The van der Waals surface area contributed by atoms with E-state index in [1.807, 2.05) is 241 Å². The molecule has 80 heavy (non-hydrogen) atoms. The molecule has 0 saturated heterocycles. The van der Waals surface area contributed by atoms with E-state index in [-0.39, 0.29) is 48.8 Å². The highest BCUT2D eigenvalue weighted by molar-refractivity contribution is 5.21. The number of hydrogen-bond donors (Lipinski definition) is 4. The van der Waals surface area contributed by atoms with Crippen molar-refractivity contribution in [2.45, 2.75) is 156 Å². The lowest BCUT2D eigenvalue weighted by Gasteiger charge is -2.17. The van der Waals surface area contributed by atoms with Crippen molar-refractivity contribution in [2.75, 3.05) is 53.9 Å². The first-order valence-electron chi connectivity index (χ1n) is 28.0. The van der Waals surface area contributed by atoms with Crippen molar-refractivity contribution < 1.29 is 58.3 Å². The predicted molar refractivity (Wildman–Crippen MR) is 325 cm³/mol. The molecule has 0 aliphatic carbocycles. The third-order valence-corrected chi connectivity index (χ3v) is 11.2. The normalized spacial score (nSPS) is 13.2. The van der Waals surface area contributed by atoms with Gasteiger partial charge in [0.2, 0.25) is 0 Å². The predicted octanol–water partition coefficient (Wildman–Crippen LogP) is 14.2. The first-order chi connectivity index (χ1) is 38.3. The van der Waals surface area contributed by atoms with Crippen LogP contribution in [0.5, 0.6) is 0 Å². The van der Waals surface area contributed by atoms with Crippen LogP contribution in [-0.2, 0) is 37.9 Å².